The Kier molecular flexibility index (Phi) is 3.04. The molecule has 1 aromatic rings. The van der Waals surface area contributed by atoms with E-state index in [1.807, 2.05) is 0 Å². The van der Waals surface area contributed by atoms with Crippen LogP contribution in [0.3, 0.4) is 0 Å². The van der Waals surface area contributed by atoms with Gasteiger partial charge in [0.1, 0.15) is 16.0 Å². The fraction of sp³-hybridized carbons (Fsp3) is 0.500. The highest BCUT2D eigenvalue weighted by molar-refractivity contribution is 6.53. The first-order valence-electron chi connectivity index (χ1n) is 6.44. The molecule has 108 valence electrons. The highest BCUT2D eigenvalue weighted by Gasteiger charge is 2.69. The number of carbonyl (C=O) groups is 1. The van der Waals surface area contributed by atoms with E-state index in [1.54, 1.807) is 6.92 Å². The van der Waals surface area contributed by atoms with Gasteiger partial charge in [0.15, 0.2) is 0 Å². The Morgan fingerprint density at radius 1 is 1.35 bits per heavy atom. The summed E-state index contributed by atoms with van der Waals surface area (Å²) in [4.78, 5) is 14.0. The average molecular weight is 320 g/mol. The Morgan fingerprint density at radius 3 is 2.60 bits per heavy atom. The molecular weight excluding hydrogens is 307 g/mol. The van der Waals surface area contributed by atoms with E-state index in [2.05, 4.69) is 0 Å². The van der Waals surface area contributed by atoms with Crippen molar-refractivity contribution in [2.24, 2.45) is 5.41 Å². The molecule has 1 amide bonds. The Morgan fingerprint density at radius 2 is 2.00 bits per heavy atom. The quantitative estimate of drug-likeness (QED) is 0.720. The van der Waals surface area contributed by atoms with E-state index in [9.17, 15) is 13.6 Å². The normalized spacial score (nSPS) is 27.1. The smallest absolute Gasteiger partial charge is 0.236 e. The highest BCUT2D eigenvalue weighted by atomic mass is 35.5. The Hall–Kier alpha value is -0.870. The van der Waals surface area contributed by atoms with Gasteiger partial charge in [-0.25, -0.2) is 8.78 Å². The predicted molar refractivity (Wildman–Crippen MR) is 74.2 cm³/mol. The lowest BCUT2D eigenvalue weighted by Gasteiger charge is -2.32. The van der Waals surface area contributed by atoms with Crippen LogP contribution in [0.15, 0.2) is 12.1 Å². The third-order valence-electron chi connectivity index (χ3n) is 4.21. The molecule has 0 bridgehead atoms. The first kappa shape index (κ1) is 14.1. The first-order valence-corrected chi connectivity index (χ1v) is 7.19. The summed E-state index contributed by atoms with van der Waals surface area (Å²) in [6, 6.07) is 2.05. The second kappa shape index (κ2) is 4.31. The lowest BCUT2D eigenvalue weighted by atomic mass is 9.98. The van der Waals surface area contributed by atoms with Crippen LogP contribution in [0.1, 0.15) is 25.3 Å². The Labute approximate surface area is 125 Å². The van der Waals surface area contributed by atoms with Crippen molar-refractivity contribution in [2.75, 3.05) is 11.4 Å². The maximum Gasteiger partial charge on any atom is 0.236 e. The van der Waals surface area contributed by atoms with E-state index >= 15 is 0 Å². The number of alkyl halides is 2. The van der Waals surface area contributed by atoms with Crippen LogP contribution in [0.2, 0.25) is 0 Å². The fourth-order valence-corrected chi connectivity index (χ4v) is 3.45. The second-order valence-corrected chi connectivity index (χ2v) is 7.14. The molecule has 0 aromatic heterocycles. The summed E-state index contributed by atoms with van der Waals surface area (Å²) in [5.41, 5.74) is -0.200. The zero-order valence-corrected chi connectivity index (χ0v) is 12.4. The summed E-state index contributed by atoms with van der Waals surface area (Å²) in [6.45, 7) is 2.10. The zero-order chi connectivity index (χ0) is 14.7. The molecule has 6 heteroatoms. The molecule has 1 unspecified atom stereocenters. The largest absolute Gasteiger partial charge is 0.311 e. The topological polar surface area (TPSA) is 20.3 Å². The number of rotatable bonds is 1. The molecule has 1 aromatic carbocycles. The second-order valence-electron chi connectivity index (χ2n) is 5.66. The molecule has 1 atom stereocenters. The summed E-state index contributed by atoms with van der Waals surface area (Å²) >= 11 is 12.0. The van der Waals surface area contributed by atoms with Gasteiger partial charge in [0.05, 0.1) is 11.1 Å². The van der Waals surface area contributed by atoms with Gasteiger partial charge >= 0.3 is 0 Å². The van der Waals surface area contributed by atoms with Gasteiger partial charge in [0.2, 0.25) is 5.91 Å². The minimum Gasteiger partial charge on any atom is -0.311 e. The van der Waals surface area contributed by atoms with Gasteiger partial charge < -0.3 is 4.90 Å². The van der Waals surface area contributed by atoms with Crippen molar-refractivity contribution in [3.63, 3.8) is 0 Å². The molecule has 1 saturated carbocycles. The zero-order valence-electron chi connectivity index (χ0n) is 10.9. The van der Waals surface area contributed by atoms with Crippen molar-refractivity contribution in [2.45, 2.75) is 30.5 Å². The van der Waals surface area contributed by atoms with Crippen molar-refractivity contribution in [3.05, 3.63) is 29.3 Å². The average Bonchev–Trinajstić information content (AvgIpc) is 2.88. The number of anilines is 1. The van der Waals surface area contributed by atoms with E-state index in [-0.39, 0.29) is 5.91 Å². The van der Waals surface area contributed by atoms with Crippen LogP contribution in [-0.4, -0.2) is 16.8 Å². The number of carbonyl (C=O) groups excluding carboxylic acids is 1. The van der Waals surface area contributed by atoms with E-state index in [1.165, 1.54) is 11.0 Å². The van der Waals surface area contributed by atoms with Gasteiger partial charge in [-0.05, 0) is 32.3 Å². The predicted octanol–water partition coefficient (Wildman–Crippen LogP) is 3.83. The van der Waals surface area contributed by atoms with Crippen LogP contribution >= 0.6 is 23.2 Å². The fourth-order valence-electron chi connectivity index (χ4n) is 2.75. The molecule has 1 aliphatic heterocycles. The standard InChI is InChI=1S/C14H13Cl2F2NO/c1-13(7-14(13,15)16)12(20)19-4-2-3-9-10(18)5-8(17)6-11(9)19/h5-6H,2-4,7H2,1H3. The Balaban J connectivity index is 2.01. The van der Waals surface area contributed by atoms with Gasteiger partial charge in [-0.3, -0.25) is 4.79 Å². The van der Waals surface area contributed by atoms with E-state index in [4.69, 9.17) is 23.2 Å². The first-order chi connectivity index (χ1) is 9.26. The van der Waals surface area contributed by atoms with Gasteiger partial charge in [0, 0.05) is 18.2 Å². The summed E-state index contributed by atoms with van der Waals surface area (Å²) in [7, 11) is 0. The van der Waals surface area contributed by atoms with Crippen molar-refractivity contribution >= 4 is 34.8 Å². The van der Waals surface area contributed by atoms with E-state index in [0.29, 0.717) is 37.1 Å². The Bertz CT molecular complexity index is 605. The van der Waals surface area contributed by atoms with Crippen molar-refractivity contribution in [3.8, 4) is 0 Å². The van der Waals surface area contributed by atoms with Crippen LogP contribution in [0.4, 0.5) is 14.5 Å². The third-order valence-corrected chi connectivity index (χ3v) is 5.31. The summed E-state index contributed by atoms with van der Waals surface area (Å²) in [5.74, 6) is -1.57. The number of hydrogen-bond donors (Lipinski definition) is 0. The molecule has 3 rings (SSSR count). The van der Waals surface area contributed by atoms with Crippen LogP contribution in [-0.2, 0) is 11.2 Å². The molecule has 1 heterocycles. The van der Waals surface area contributed by atoms with Crippen LogP contribution in [0.25, 0.3) is 0 Å². The number of hydrogen-bond acceptors (Lipinski definition) is 1. The molecule has 2 aliphatic rings. The minimum absolute atomic E-state index is 0.270. The van der Waals surface area contributed by atoms with Crippen LogP contribution in [0, 0.1) is 17.0 Å². The van der Waals surface area contributed by atoms with E-state index in [0.717, 1.165) is 6.07 Å². The van der Waals surface area contributed by atoms with E-state index < -0.39 is 21.4 Å². The lowest BCUT2D eigenvalue weighted by molar-refractivity contribution is -0.123. The molecule has 0 N–H and O–H groups in total. The van der Waals surface area contributed by atoms with Gasteiger partial charge in [-0.1, -0.05) is 0 Å². The molecule has 1 aliphatic carbocycles. The van der Waals surface area contributed by atoms with Gasteiger partial charge in [0.25, 0.3) is 0 Å². The molecule has 2 nitrogen and oxygen atoms in total. The maximum atomic E-state index is 13.8. The summed E-state index contributed by atoms with van der Waals surface area (Å²) < 4.78 is 26.1. The van der Waals surface area contributed by atoms with Crippen molar-refractivity contribution in [1.82, 2.24) is 0 Å². The van der Waals surface area contributed by atoms with Crippen LogP contribution in [0.5, 0.6) is 0 Å². The van der Waals surface area contributed by atoms with Crippen molar-refractivity contribution in [1.29, 1.82) is 0 Å². The summed E-state index contributed by atoms with van der Waals surface area (Å²) in [6.07, 6.45) is 1.48. The molecular formula is C14H13Cl2F2NO. The molecule has 0 radical (unpaired) electrons. The molecule has 0 saturated heterocycles. The lowest BCUT2D eigenvalue weighted by Crippen LogP contribution is -2.41. The van der Waals surface area contributed by atoms with Gasteiger partial charge in [-0.15, -0.1) is 23.2 Å². The SMILES string of the molecule is CC1(C(=O)N2CCCc3c(F)cc(F)cc32)CC1(Cl)Cl. The number of benzene rings is 1. The van der Waals surface area contributed by atoms with Gasteiger partial charge in [-0.2, -0.15) is 0 Å². The minimum atomic E-state index is -1.09. The molecule has 20 heavy (non-hydrogen) atoms. The number of halogens is 4. The highest BCUT2D eigenvalue weighted by Crippen LogP contribution is 2.64. The number of fused-ring (bicyclic) bond motifs is 1. The van der Waals surface area contributed by atoms with Crippen LogP contribution < -0.4 is 4.90 Å². The third kappa shape index (κ3) is 1.92. The molecule has 1 fully saturated rings. The number of nitrogens with zero attached hydrogens (tertiary/aromatic N) is 1. The van der Waals surface area contributed by atoms with Crippen molar-refractivity contribution < 1.29 is 13.6 Å². The maximum absolute atomic E-state index is 13.8. The summed E-state index contributed by atoms with van der Waals surface area (Å²) in [5, 5.41) is 0. The number of amides is 1. The molecule has 0 spiro atoms. The monoisotopic (exact) mass is 319 g/mol.